The number of nitrogens with one attached hydrogen (secondary N) is 1. The van der Waals surface area contributed by atoms with E-state index in [2.05, 4.69) is 10.2 Å². The number of nitrogens with zero attached hydrogens (tertiary/aromatic N) is 2. The molecule has 0 aliphatic carbocycles. The van der Waals surface area contributed by atoms with Crippen LogP contribution >= 0.6 is 0 Å². The minimum Gasteiger partial charge on any atom is -0.285 e. The van der Waals surface area contributed by atoms with Crippen LogP contribution in [0.5, 0.6) is 0 Å². The molecule has 116 valence electrons. The molecule has 1 N–H and O–H groups in total. The number of benzene rings is 1. The van der Waals surface area contributed by atoms with Gasteiger partial charge >= 0.3 is 0 Å². The van der Waals surface area contributed by atoms with Crippen LogP contribution in [0, 0.1) is 6.92 Å². The third kappa shape index (κ3) is 3.13. The van der Waals surface area contributed by atoms with Gasteiger partial charge in [-0.2, -0.15) is 5.10 Å². The zero-order valence-corrected chi connectivity index (χ0v) is 12.8. The van der Waals surface area contributed by atoms with Gasteiger partial charge < -0.3 is 0 Å². The Morgan fingerprint density at radius 3 is 2.74 bits per heavy atom. The lowest BCUT2D eigenvalue weighted by Gasteiger charge is -2.23. The minimum atomic E-state index is -0.286. The number of aromatic nitrogens is 2. The predicted molar refractivity (Wildman–Crippen MR) is 88.1 cm³/mol. The summed E-state index contributed by atoms with van der Waals surface area (Å²) in [6.07, 6.45) is 7.45. The van der Waals surface area contributed by atoms with E-state index in [1.807, 2.05) is 37.3 Å². The molecule has 0 unspecified atom stereocenters. The molecule has 0 spiro atoms. The molecule has 2 amide bonds. The molecule has 1 aromatic carbocycles. The molecule has 0 saturated heterocycles. The quantitative estimate of drug-likeness (QED) is 0.886. The highest BCUT2D eigenvalue weighted by atomic mass is 16.2. The van der Waals surface area contributed by atoms with Gasteiger partial charge in [0.15, 0.2) is 0 Å². The van der Waals surface area contributed by atoms with E-state index in [9.17, 15) is 9.59 Å². The van der Waals surface area contributed by atoms with Crippen LogP contribution in [0.15, 0.2) is 48.7 Å². The van der Waals surface area contributed by atoms with Crippen LogP contribution in [0.25, 0.3) is 11.6 Å². The molecule has 2 aromatic rings. The van der Waals surface area contributed by atoms with Crippen molar-refractivity contribution < 1.29 is 9.59 Å². The lowest BCUT2D eigenvalue weighted by Crippen LogP contribution is -2.38. The summed E-state index contributed by atoms with van der Waals surface area (Å²) in [7, 11) is 0. The highest BCUT2D eigenvalue weighted by molar-refractivity contribution is 6.28. The molecular weight excluding hydrogens is 290 g/mol. The summed E-state index contributed by atoms with van der Waals surface area (Å²) in [6, 6.07) is 9.36. The maximum atomic E-state index is 12.9. The summed E-state index contributed by atoms with van der Waals surface area (Å²) in [4.78, 5) is 26.2. The molecule has 1 aliphatic heterocycles. The van der Waals surface area contributed by atoms with Gasteiger partial charge in [0.1, 0.15) is 0 Å². The Balaban J connectivity index is 2.04. The Kier molecular flexibility index (Phi) is 4.19. The second kappa shape index (κ2) is 6.44. The maximum Gasteiger partial charge on any atom is 0.261 e. The van der Waals surface area contributed by atoms with E-state index in [1.54, 1.807) is 18.3 Å². The van der Waals surface area contributed by atoms with Crippen LogP contribution in [-0.4, -0.2) is 33.5 Å². The normalized spacial score (nSPS) is 15.1. The van der Waals surface area contributed by atoms with Gasteiger partial charge in [0, 0.05) is 23.9 Å². The predicted octanol–water partition coefficient (Wildman–Crippen LogP) is 2.57. The van der Waals surface area contributed by atoms with Gasteiger partial charge in [0.25, 0.3) is 11.8 Å². The molecule has 2 heterocycles. The van der Waals surface area contributed by atoms with E-state index in [0.29, 0.717) is 18.5 Å². The molecular formula is C18H17N3O2. The Labute approximate surface area is 134 Å². The fourth-order valence-electron chi connectivity index (χ4n) is 2.49. The Morgan fingerprint density at radius 2 is 2.09 bits per heavy atom. The summed E-state index contributed by atoms with van der Waals surface area (Å²) < 4.78 is 0. The van der Waals surface area contributed by atoms with E-state index < -0.39 is 0 Å². The number of H-pyrrole nitrogens is 1. The lowest BCUT2D eigenvalue weighted by atomic mass is 10.0. The van der Waals surface area contributed by atoms with Gasteiger partial charge in [0.2, 0.25) is 0 Å². The topological polar surface area (TPSA) is 66.1 Å². The minimum absolute atomic E-state index is 0.271. The number of aromatic amines is 1. The van der Waals surface area contributed by atoms with Crippen molar-refractivity contribution in [2.45, 2.75) is 13.3 Å². The molecule has 5 heteroatoms. The monoisotopic (exact) mass is 307 g/mol. The average Bonchev–Trinajstić information content (AvgIpc) is 2.98. The lowest BCUT2D eigenvalue weighted by molar-refractivity contribution is -0.138. The molecule has 0 radical (unpaired) electrons. The molecule has 1 aliphatic rings. The molecule has 0 fully saturated rings. The fourth-order valence-corrected chi connectivity index (χ4v) is 2.49. The van der Waals surface area contributed by atoms with Crippen molar-refractivity contribution >= 4 is 23.5 Å². The van der Waals surface area contributed by atoms with Crippen molar-refractivity contribution in [2.75, 3.05) is 6.54 Å². The highest BCUT2D eigenvalue weighted by Crippen LogP contribution is 2.23. The molecule has 0 atom stereocenters. The summed E-state index contributed by atoms with van der Waals surface area (Å²) >= 11 is 0. The zero-order valence-electron chi connectivity index (χ0n) is 12.8. The Hall–Kier alpha value is -2.95. The van der Waals surface area contributed by atoms with Gasteiger partial charge in [0.05, 0.1) is 5.69 Å². The van der Waals surface area contributed by atoms with Crippen LogP contribution in [0.1, 0.15) is 23.2 Å². The van der Waals surface area contributed by atoms with Crippen molar-refractivity contribution in [1.82, 2.24) is 15.1 Å². The van der Waals surface area contributed by atoms with E-state index in [1.165, 1.54) is 11.0 Å². The first-order valence-electron chi connectivity index (χ1n) is 7.46. The third-order valence-corrected chi connectivity index (χ3v) is 3.78. The number of imide groups is 1. The summed E-state index contributed by atoms with van der Waals surface area (Å²) in [5.41, 5.74) is 2.90. The Bertz CT molecular complexity index is 788. The first-order valence-corrected chi connectivity index (χ1v) is 7.46. The average molecular weight is 307 g/mol. The van der Waals surface area contributed by atoms with Crippen LogP contribution in [0.4, 0.5) is 0 Å². The zero-order chi connectivity index (χ0) is 16.2. The molecule has 3 rings (SSSR count). The SMILES string of the molecule is Cc1n[nH]cc1/C=C(/C(=O)N1CCC=CC1=O)c1ccccc1. The first-order chi connectivity index (χ1) is 11.2. The van der Waals surface area contributed by atoms with Crippen molar-refractivity contribution in [2.24, 2.45) is 0 Å². The van der Waals surface area contributed by atoms with Gasteiger partial charge in [-0.25, -0.2) is 0 Å². The highest BCUT2D eigenvalue weighted by Gasteiger charge is 2.25. The number of amides is 2. The molecule has 0 bridgehead atoms. The van der Waals surface area contributed by atoms with E-state index in [0.717, 1.165) is 16.8 Å². The number of hydrogen-bond acceptors (Lipinski definition) is 3. The van der Waals surface area contributed by atoms with E-state index in [-0.39, 0.29) is 11.8 Å². The summed E-state index contributed by atoms with van der Waals surface area (Å²) in [5, 5.41) is 6.86. The summed E-state index contributed by atoms with van der Waals surface area (Å²) in [5.74, 6) is -0.557. The van der Waals surface area contributed by atoms with Gasteiger partial charge in [-0.3, -0.25) is 19.6 Å². The van der Waals surface area contributed by atoms with Crippen LogP contribution < -0.4 is 0 Å². The second-order valence-electron chi connectivity index (χ2n) is 5.34. The Morgan fingerprint density at radius 1 is 1.30 bits per heavy atom. The van der Waals surface area contributed by atoms with Crippen molar-refractivity contribution in [3.8, 4) is 0 Å². The first kappa shape index (κ1) is 15.0. The second-order valence-corrected chi connectivity index (χ2v) is 5.34. The molecule has 1 aromatic heterocycles. The number of carbonyl (C=O) groups excluding carboxylic acids is 2. The van der Waals surface area contributed by atoms with E-state index >= 15 is 0 Å². The van der Waals surface area contributed by atoms with Crippen LogP contribution in [0.3, 0.4) is 0 Å². The maximum absolute atomic E-state index is 12.9. The molecule has 23 heavy (non-hydrogen) atoms. The van der Waals surface area contributed by atoms with Gasteiger partial charge in [-0.1, -0.05) is 36.4 Å². The number of rotatable bonds is 3. The summed E-state index contributed by atoms with van der Waals surface area (Å²) in [6.45, 7) is 2.27. The largest absolute Gasteiger partial charge is 0.285 e. The van der Waals surface area contributed by atoms with Crippen LogP contribution in [0.2, 0.25) is 0 Å². The van der Waals surface area contributed by atoms with Crippen molar-refractivity contribution in [3.05, 3.63) is 65.5 Å². The smallest absolute Gasteiger partial charge is 0.261 e. The third-order valence-electron chi connectivity index (χ3n) is 3.78. The van der Waals surface area contributed by atoms with Gasteiger partial charge in [-0.15, -0.1) is 0 Å². The standard InChI is InChI=1S/C18H17N3O2/c1-13-15(12-19-20-13)11-16(14-7-3-2-4-8-14)18(23)21-10-6-5-9-17(21)22/h2-5,7-9,11-12H,6,10H2,1H3,(H,19,20)/b16-11+. The van der Waals surface area contributed by atoms with Crippen LogP contribution in [-0.2, 0) is 9.59 Å². The van der Waals surface area contributed by atoms with Gasteiger partial charge in [-0.05, 0) is 31.1 Å². The number of hydrogen-bond donors (Lipinski definition) is 1. The van der Waals surface area contributed by atoms with Crippen molar-refractivity contribution in [3.63, 3.8) is 0 Å². The van der Waals surface area contributed by atoms with Crippen molar-refractivity contribution in [1.29, 1.82) is 0 Å². The number of carbonyl (C=O) groups is 2. The number of aryl methyl sites for hydroxylation is 1. The molecule has 0 saturated carbocycles. The van der Waals surface area contributed by atoms with E-state index in [4.69, 9.17) is 0 Å². The molecule has 5 nitrogen and oxygen atoms in total. The fraction of sp³-hybridized carbons (Fsp3) is 0.167.